The van der Waals surface area contributed by atoms with E-state index in [1.54, 1.807) is 12.2 Å². The van der Waals surface area contributed by atoms with Crippen LogP contribution in [0.25, 0.3) is 0 Å². The Kier molecular flexibility index (Phi) is 6.90. The summed E-state index contributed by atoms with van der Waals surface area (Å²) in [5.74, 6) is 0. The van der Waals surface area contributed by atoms with Crippen LogP contribution in [0.5, 0.6) is 0 Å². The third-order valence-corrected chi connectivity index (χ3v) is 1.87. The van der Waals surface area contributed by atoms with Crippen LogP contribution in [-0.2, 0) is 4.79 Å². The van der Waals surface area contributed by atoms with Crippen LogP contribution in [0.3, 0.4) is 0 Å². The molecule has 0 radical (unpaired) electrons. The summed E-state index contributed by atoms with van der Waals surface area (Å²) in [6.45, 7) is 11.5. The summed E-state index contributed by atoms with van der Waals surface area (Å²) < 4.78 is 0. The largest absolute Gasteiger partial charge is 0.298 e. The van der Waals surface area contributed by atoms with Crippen LogP contribution in [0.4, 0.5) is 0 Å². The monoisotopic (exact) mass is 202 g/mol. The van der Waals surface area contributed by atoms with E-state index in [1.807, 2.05) is 19.1 Å². The number of hydrogen-bond acceptors (Lipinski definition) is 1. The number of hydrogen-bond donors (Lipinski definition) is 0. The number of carbonyl (C=O) groups is 1. The van der Waals surface area contributed by atoms with Crippen molar-refractivity contribution < 1.29 is 4.79 Å². The van der Waals surface area contributed by atoms with E-state index in [9.17, 15) is 4.79 Å². The van der Waals surface area contributed by atoms with Gasteiger partial charge in [-0.2, -0.15) is 0 Å². The molecule has 0 saturated heterocycles. The van der Waals surface area contributed by atoms with Gasteiger partial charge in [0.15, 0.2) is 0 Å². The smallest absolute Gasteiger partial charge is 0.149 e. The summed E-state index contributed by atoms with van der Waals surface area (Å²) in [6.07, 6.45) is 11.3. The second-order valence-electron chi connectivity index (χ2n) is 3.24. The van der Waals surface area contributed by atoms with Crippen molar-refractivity contribution in [2.45, 2.75) is 20.3 Å². The number of aldehydes is 1. The quantitative estimate of drug-likeness (QED) is 0.364. The first-order chi connectivity index (χ1) is 7.11. The van der Waals surface area contributed by atoms with Crippen LogP contribution in [0.15, 0.2) is 60.3 Å². The van der Waals surface area contributed by atoms with Crippen molar-refractivity contribution in [1.29, 1.82) is 0 Å². The van der Waals surface area contributed by atoms with Crippen molar-refractivity contribution in [1.82, 2.24) is 0 Å². The van der Waals surface area contributed by atoms with Crippen molar-refractivity contribution in [2.24, 2.45) is 0 Å². The molecule has 0 heterocycles. The summed E-state index contributed by atoms with van der Waals surface area (Å²) >= 11 is 0. The van der Waals surface area contributed by atoms with Crippen molar-refractivity contribution in [2.75, 3.05) is 0 Å². The molecule has 0 aliphatic heterocycles. The molecule has 0 saturated carbocycles. The first kappa shape index (κ1) is 13.4. The van der Waals surface area contributed by atoms with Crippen LogP contribution in [-0.4, -0.2) is 6.29 Å². The summed E-state index contributed by atoms with van der Waals surface area (Å²) in [7, 11) is 0. The fourth-order valence-electron chi connectivity index (χ4n) is 0.834. The molecule has 1 heteroatoms. The van der Waals surface area contributed by atoms with Gasteiger partial charge in [-0.3, -0.25) is 4.79 Å². The molecule has 0 atom stereocenters. The highest BCUT2D eigenvalue weighted by atomic mass is 16.1. The topological polar surface area (TPSA) is 17.1 Å². The molecule has 1 nitrogen and oxygen atoms in total. The maximum atomic E-state index is 10.3. The molecule has 80 valence electrons. The lowest BCUT2D eigenvalue weighted by Crippen LogP contribution is -1.80. The van der Waals surface area contributed by atoms with Crippen molar-refractivity contribution in [3.8, 4) is 0 Å². The van der Waals surface area contributed by atoms with Gasteiger partial charge < -0.3 is 0 Å². The van der Waals surface area contributed by atoms with Crippen molar-refractivity contribution in [3.63, 3.8) is 0 Å². The van der Waals surface area contributed by atoms with Crippen LogP contribution in [0, 0.1) is 0 Å². The van der Waals surface area contributed by atoms with Gasteiger partial charge in [0.25, 0.3) is 0 Å². The molecule has 15 heavy (non-hydrogen) atoms. The van der Waals surface area contributed by atoms with Gasteiger partial charge in [-0.15, -0.1) is 0 Å². The summed E-state index contributed by atoms with van der Waals surface area (Å²) in [4.78, 5) is 10.3. The lowest BCUT2D eigenvalue weighted by Gasteiger charge is -1.97. The lowest BCUT2D eigenvalue weighted by atomic mass is 10.1. The number of allylic oxidation sites excluding steroid dienone is 8. The molecule has 0 N–H and O–H groups in total. The molecule has 0 unspecified atom stereocenters. The molecule has 0 aromatic heterocycles. The number of carbonyl (C=O) groups excluding carboxylic acids is 1. The molecule has 0 aromatic carbocycles. The summed E-state index contributed by atoms with van der Waals surface area (Å²) in [6, 6.07) is 0. The van der Waals surface area contributed by atoms with E-state index in [0.717, 1.165) is 23.9 Å². The second-order valence-corrected chi connectivity index (χ2v) is 3.24. The van der Waals surface area contributed by atoms with Gasteiger partial charge in [0.05, 0.1) is 0 Å². The zero-order valence-electron chi connectivity index (χ0n) is 9.49. The van der Waals surface area contributed by atoms with E-state index in [0.29, 0.717) is 5.57 Å². The van der Waals surface area contributed by atoms with Crippen LogP contribution >= 0.6 is 0 Å². The van der Waals surface area contributed by atoms with Gasteiger partial charge in [-0.25, -0.2) is 0 Å². The van der Waals surface area contributed by atoms with Crippen LogP contribution in [0.1, 0.15) is 20.3 Å². The third kappa shape index (κ3) is 6.44. The Morgan fingerprint density at radius 2 is 1.93 bits per heavy atom. The van der Waals surface area contributed by atoms with Gasteiger partial charge in [0, 0.05) is 5.57 Å². The summed E-state index contributed by atoms with van der Waals surface area (Å²) in [5, 5.41) is 0. The minimum atomic E-state index is 0.452. The zero-order chi connectivity index (χ0) is 11.7. The molecule has 0 bridgehead atoms. The molecular formula is C14H18O. The Balaban J connectivity index is 4.39. The summed E-state index contributed by atoms with van der Waals surface area (Å²) in [5.41, 5.74) is 2.42. The molecular weight excluding hydrogens is 184 g/mol. The van der Waals surface area contributed by atoms with Gasteiger partial charge >= 0.3 is 0 Å². The Morgan fingerprint density at radius 3 is 2.47 bits per heavy atom. The minimum Gasteiger partial charge on any atom is -0.298 e. The average Bonchev–Trinajstić information content (AvgIpc) is 2.25. The van der Waals surface area contributed by atoms with E-state index in [1.165, 1.54) is 0 Å². The molecule has 0 aromatic rings. The Bertz CT molecular complexity index is 327. The van der Waals surface area contributed by atoms with E-state index in [2.05, 4.69) is 26.2 Å². The van der Waals surface area contributed by atoms with Gasteiger partial charge in [0.2, 0.25) is 0 Å². The van der Waals surface area contributed by atoms with Crippen LogP contribution < -0.4 is 0 Å². The second kappa shape index (κ2) is 7.74. The lowest BCUT2D eigenvalue weighted by molar-refractivity contribution is -0.104. The number of rotatable bonds is 6. The van der Waals surface area contributed by atoms with E-state index in [-0.39, 0.29) is 0 Å². The standard InChI is InChI=1S/C14H18O/c1-5-6-7-8-13(3)14(4)10-9-12(2)11-15/h6-11H,2,4-5H2,1,3H3/b7-6-,10-9-,13-8+. The molecule has 0 fully saturated rings. The predicted molar refractivity (Wildman–Crippen MR) is 66.7 cm³/mol. The predicted octanol–water partition coefficient (Wildman–Crippen LogP) is 3.77. The fraction of sp³-hybridized carbons (Fsp3) is 0.214. The molecule has 0 aliphatic rings. The Hall–Kier alpha value is -1.63. The highest BCUT2D eigenvalue weighted by molar-refractivity contribution is 5.76. The Labute approximate surface area is 92.2 Å². The average molecular weight is 202 g/mol. The molecule has 0 aliphatic carbocycles. The van der Waals surface area contributed by atoms with Gasteiger partial charge in [-0.1, -0.05) is 50.5 Å². The maximum absolute atomic E-state index is 10.3. The van der Waals surface area contributed by atoms with E-state index in [4.69, 9.17) is 0 Å². The molecule has 0 amide bonds. The molecule has 0 spiro atoms. The fourth-order valence-corrected chi connectivity index (χ4v) is 0.834. The van der Waals surface area contributed by atoms with Crippen molar-refractivity contribution >= 4 is 6.29 Å². The normalized spacial score (nSPS) is 12.3. The van der Waals surface area contributed by atoms with E-state index >= 15 is 0 Å². The van der Waals surface area contributed by atoms with E-state index < -0.39 is 0 Å². The Morgan fingerprint density at radius 1 is 1.27 bits per heavy atom. The first-order valence-electron chi connectivity index (χ1n) is 4.96. The minimum absolute atomic E-state index is 0.452. The maximum Gasteiger partial charge on any atom is 0.149 e. The van der Waals surface area contributed by atoms with Crippen molar-refractivity contribution in [3.05, 3.63) is 60.3 Å². The van der Waals surface area contributed by atoms with Gasteiger partial charge in [0.1, 0.15) is 6.29 Å². The first-order valence-corrected chi connectivity index (χ1v) is 4.96. The van der Waals surface area contributed by atoms with Crippen LogP contribution in [0.2, 0.25) is 0 Å². The third-order valence-electron chi connectivity index (χ3n) is 1.87. The highest BCUT2D eigenvalue weighted by Crippen LogP contribution is 2.09. The molecule has 0 rings (SSSR count). The SMILES string of the molecule is C=C(C=O)/C=C\C(=C)/C(C)=C/C=C\CC. The van der Waals surface area contributed by atoms with Gasteiger partial charge in [-0.05, 0) is 24.5 Å². The zero-order valence-corrected chi connectivity index (χ0v) is 9.49. The highest BCUT2D eigenvalue weighted by Gasteiger charge is 1.90.